The van der Waals surface area contributed by atoms with Crippen LogP contribution in [-0.2, 0) is 0 Å². The van der Waals surface area contributed by atoms with Crippen LogP contribution in [0.1, 0.15) is 10.4 Å². The molecule has 0 spiro atoms. The maximum atomic E-state index is 11.3. The first kappa shape index (κ1) is 10.5. The van der Waals surface area contributed by atoms with Crippen molar-refractivity contribution in [2.24, 2.45) is 5.73 Å². The van der Waals surface area contributed by atoms with E-state index in [0.29, 0.717) is 11.1 Å². The van der Waals surface area contributed by atoms with Crippen LogP contribution in [0.3, 0.4) is 0 Å². The number of H-pyrrole nitrogens is 1. The molecule has 0 saturated heterocycles. The number of imidazole rings is 1. The Balaban J connectivity index is 2.30. The fourth-order valence-corrected chi connectivity index (χ4v) is 1.93. The lowest BCUT2D eigenvalue weighted by molar-refractivity contribution is 0.100. The number of hydrogen-bond donors (Lipinski definition) is 2. The number of benzene rings is 1. The number of nitrogens with one attached hydrogen (secondary N) is 1. The molecule has 5 heteroatoms. The van der Waals surface area contributed by atoms with Crippen molar-refractivity contribution in [3.8, 4) is 11.3 Å². The minimum atomic E-state index is -0.529. The van der Waals surface area contributed by atoms with Crippen LogP contribution < -0.4 is 5.73 Å². The van der Waals surface area contributed by atoms with E-state index in [1.807, 2.05) is 30.3 Å². The summed E-state index contributed by atoms with van der Waals surface area (Å²) in [5.41, 5.74) is 8.61. The highest BCUT2D eigenvalue weighted by molar-refractivity contribution is 6.06. The minimum Gasteiger partial charge on any atom is -0.365 e. The zero-order chi connectivity index (χ0) is 12.5. The lowest BCUT2D eigenvalue weighted by atomic mass is 10.1. The van der Waals surface area contributed by atoms with Crippen molar-refractivity contribution in [1.29, 1.82) is 0 Å². The standard InChI is InChI=1S/C13H10N4O/c14-13(18)9-6-15-10(8-4-2-1-3-5-8)12-11(9)16-7-17-12/h1-7H,(H2,14,18)(H,16,17). The van der Waals surface area contributed by atoms with E-state index >= 15 is 0 Å². The van der Waals surface area contributed by atoms with Gasteiger partial charge in [-0.1, -0.05) is 30.3 Å². The van der Waals surface area contributed by atoms with E-state index in [1.165, 1.54) is 12.5 Å². The van der Waals surface area contributed by atoms with Crippen LogP contribution in [0, 0.1) is 0 Å². The molecule has 0 fully saturated rings. The summed E-state index contributed by atoms with van der Waals surface area (Å²) < 4.78 is 0. The Bertz CT molecular complexity index is 718. The third-order valence-corrected chi connectivity index (χ3v) is 2.77. The second kappa shape index (κ2) is 3.96. The van der Waals surface area contributed by atoms with Crippen molar-refractivity contribution < 1.29 is 4.79 Å². The fraction of sp³-hybridized carbons (Fsp3) is 0. The molecule has 88 valence electrons. The molecule has 5 nitrogen and oxygen atoms in total. The first-order chi connectivity index (χ1) is 8.77. The molecule has 0 radical (unpaired) electrons. The van der Waals surface area contributed by atoms with Crippen molar-refractivity contribution in [3.05, 3.63) is 48.4 Å². The van der Waals surface area contributed by atoms with Gasteiger partial charge in [-0.25, -0.2) is 4.98 Å². The molecule has 3 N–H and O–H groups in total. The molecule has 0 aliphatic heterocycles. The molecule has 0 saturated carbocycles. The SMILES string of the molecule is NC(=O)c1cnc(-c2ccccc2)c2[nH]cnc12. The summed E-state index contributed by atoms with van der Waals surface area (Å²) in [6, 6.07) is 9.70. The zero-order valence-electron chi connectivity index (χ0n) is 9.42. The Labute approximate surface area is 103 Å². The second-order valence-electron chi connectivity index (χ2n) is 3.88. The van der Waals surface area contributed by atoms with Gasteiger partial charge in [-0.2, -0.15) is 0 Å². The molecule has 0 unspecified atom stereocenters. The van der Waals surface area contributed by atoms with Crippen molar-refractivity contribution in [2.75, 3.05) is 0 Å². The molecule has 3 aromatic rings. The van der Waals surface area contributed by atoms with E-state index in [-0.39, 0.29) is 0 Å². The summed E-state index contributed by atoms with van der Waals surface area (Å²) in [5.74, 6) is -0.529. The van der Waals surface area contributed by atoms with E-state index in [1.54, 1.807) is 0 Å². The molecule has 2 aromatic heterocycles. The van der Waals surface area contributed by atoms with Crippen LogP contribution in [0.25, 0.3) is 22.3 Å². The van der Waals surface area contributed by atoms with Gasteiger partial charge in [0.2, 0.25) is 0 Å². The predicted octanol–water partition coefficient (Wildman–Crippen LogP) is 1.72. The maximum absolute atomic E-state index is 11.3. The molecular weight excluding hydrogens is 228 g/mol. The third-order valence-electron chi connectivity index (χ3n) is 2.77. The monoisotopic (exact) mass is 238 g/mol. The van der Waals surface area contributed by atoms with Gasteiger partial charge in [0.15, 0.2) is 0 Å². The summed E-state index contributed by atoms with van der Waals surface area (Å²) >= 11 is 0. The summed E-state index contributed by atoms with van der Waals surface area (Å²) in [5, 5.41) is 0. The number of hydrogen-bond acceptors (Lipinski definition) is 3. The predicted molar refractivity (Wildman–Crippen MR) is 67.8 cm³/mol. The minimum absolute atomic E-state index is 0.325. The molecule has 18 heavy (non-hydrogen) atoms. The Morgan fingerprint density at radius 2 is 1.94 bits per heavy atom. The fourth-order valence-electron chi connectivity index (χ4n) is 1.93. The van der Waals surface area contributed by atoms with Crippen molar-refractivity contribution in [2.45, 2.75) is 0 Å². The van der Waals surface area contributed by atoms with Gasteiger partial charge in [-0.3, -0.25) is 9.78 Å². The smallest absolute Gasteiger partial charge is 0.252 e. The van der Waals surface area contributed by atoms with Gasteiger partial charge in [0, 0.05) is 11.8 Å². The number of rotatable bonds is 2. The highest BCUT2D eigenvalue weighted by atomic mass is 16.1. The molecule has 1 aromatic carbocycles. The van der Waals surface area contributed by atoms with Gasteiger partial charge < -0.3 is 10.7 Å². The van der Waals surface area contributed by atoms with Crippen LogP contribution >= 0.6 is 0 Å². The van der Waals surface area contributed by atoms with E-state index < -0.39 is 5.91 Å². The van der Waals surface area contributed by atoms with Crippen LogP contribution in [0.15, 0.2) is 42.9 Å². The Morgan fingerprint density at radius 3 is 2.67 bits per heavy atom. The van der Waals surface area contributed by atoms with Gasteiger partial charge in [0.05, 0.1) is 23.1 Å². The van der Waals surface area contributed by atoms with E-state index in [4.69, 9.17) is 5.73 Å². The Morgan fingerprint density at radius 1 is 1.17 bits per heavy atom. The maximum Gasteiger partial charge on any atom is 0.252 e. The number of fused-ring (bicyclic) bond motifs is 1. The quantitative estimate of drug-likeness (QED) is 0.712. The first-order valence-corrected chi connectivity index (χ1v) is 5.44. The number of nitrogens with zero attached hydrogens (tertiary/aromatic N) is 2. The number of carbonyl (C=O) groups excluding carboxylic acids is 1. The van der Waals surface area contributed by atoms with Crippen molar-refractivity contribution >= 4 is 16.9 Å². The van der Waals surface area contributed by atoms with Gasteiger partial charge in [-0.15, -0.1) is 0 Å². The average Bonchev–Trinajstić information content (AvgIpc) is 2.87. The molecule has 0 aliphatic rings. The molecule has 0 aliphatic carbocycles. The summed E-state index contributed by atoms with van der Waals surface area (Å²) in [4.78, 5) is 22.7. The molecule has 3 rings (SSSR count). The van der Waals surface area contributed by atoms with Crippen LogP contribution in [0.2, 0.25) is 0 Å². The lowest BCUT2D eigenvalue weighted by Gasteiger charge is -2.04. The van der Waals surface area contributed by atoms with Gasteiger partial charge in [0.25, 0.3) is 5.91 Å². The lowest BCUT2D eigenvalue weighted by Crippen LogP contribution is -2.12. The molecule has 1 amide bonds. The Kier molecular flexibility index (Phi) is 2.30. The summed E-state index contributed by atoms with van der Waals surface area (Å²) in [6.45, 7) is 0. The average molecular weight is 238 g/mol. The zero-order valence-corrected chi connectivity index (χ0v) is 9.42. The number of amides is 1. The number of pyridine rings is 1. The topological polar surface area (TPSA) is 84.7 Å². The molecule has 0 bridgehead atoms. The van der Waals surface area contributed by atoms with Crippen LogP contribution in [0.5, 0.6) is 0 Å². The van der Waals surface area contributed by atoms with E-state index in [9.17, 15) is 4.79 Å². The molecular formula is C13H10N4O. The van der Waals surface area contributed by atoms with Gasteiger partial charge in [-0.05, 0) is 0 Å². The largest absolute Gasteiger partial charge is 0.365 e. The first-order valence-electron chi connectivity index (χ1n) is 5.44. The number of primary amides is 1. The highest BCUT2D eigenvalue weighted by Gasteiger charge is 2.14. The van der Waals surface area contributed by atoms with E-state index in [0.717, 1.165) is 16.8 Å². The summed E-state index contributed by atoms with van der Waals surface area (Å²) in [6.07, 6.45) is 3.00. The third kappa shape index (κ3) is 1.53. The van der Waals surface area contributed by atoms with Crippen LogP contribution in [0.4, 0.5) is 0 Å². The number of aromatic amines is 1. The number of carbonyl (C=O) groups is 1. The number of aromatic nitrogens is 3. The second-order valence-corrected chi connectivity index (χ2v) is 3.88. The number of nitrogens with two attached hydrogens (primary N) is 1. The molecule has 0 atom stereocenters. The normalized spacial score (nSPS) is 10.7. The van der Waals surface area contributed by atoms with Crippen LogP contribution in [-0.4, -0.2) is 20.9 Å². The van der Waals surface area contributed by atoms with Gasteiger partial charge >= 0.3 is 0 Å². The summed E-state index contributed by atoms with van der Waals surface area (Å²) in [7, 11) is 0. The van der Waals surface area contributed by atoms with Crippen molar-refractivity contribution in [1.82, 2.24) is 15.0 Å². The van der Waals surface area contributed by atoms with Crippen molar-refractivity contribution in [3.63, 3.8) is 0 Å². The Hall–Kier alpha value is -2.69. The van der Waals surface area contributed by atoms with Gasteiger partial charge in [0.1, 0.15) is 5.52 Å². The molecule has 2 heterocycles. The highest BCUT2D eigenvalue weighted by Crippen LogP contribution is 2.25. The van der Waals surface area contributed by atoms with E-state index in [2.05, 4.69) is 15.0 Å².